The van der Waals surface area contributed by atoms with Crippen LogP contribution in [0.2, 0.25) is 0 Å². The highest BCUT2D eigenvalue weighted by atomic mass is 16.5. The highest BCUT2D eigenvalue weighted by Crippen LogP contribution is 2.21. The normalized spacial score (nSPS) is 10.5. The lowest BCUT2D eigenvalue weighted by Gasteiger charge is -2.12. The number of nitrogens with zero attached hydrogens (tertiary/aromatic N) is 1. The van der Waals surface area contributed by atoms with Crippen molar-refractivity contribution >= 4 is 5.82 Å². The summed E-state index contributed by atoms with van der Waals surface area (Å²) in [5.74, 6) is 2.42. The third-order valence-electron chi connectivity index (χ3n) is 2.25. The Morgan fingerprint density at radius 2 is 2.25 bits per heavy atom. The average molecular weight is 222 g/mol. The smallest absolute Gasteiger partial charge is 0.168 e. The van der Waals surface area contributed by atoms with E-state index in [-0.39, 0.29) is 0 Å². The third kappa shape index (κ3) is 4.51. The fraction of sp³-hybridized carbons (Fsp3) is 0.615. The molecule has 0 aliphatic carbocycles. The van der Waals surface area contributed by atoms with Crippen molar-refractivity contribution in [2.24, 2.45) is 5.92 Å². The molecule has 0 radical (unpaired) electrons. The minimum atomic E-state index is 0.705. The summed E-state index contributed by atoms with van der Waals surface area (Å²) in [5.41, 5.74) is 0. The summed E-state index contributed by atoms with van der Waals surface area (Å²) in [4.78, 5) is 4.29. The molecule has 16 heavy (non-hydrogen) atoms. The maximum Gasteiger partial charge on any atom is 0.168 e. The highest BCUT2D eigenvalue weighted by Gasteiger charge is 2.03. The highest BCUT2D eigenvalue weighted by molar-refractivity contribution is 5.49. The molecule has 1 N–H and O–H groups in total. The van der Waals surface area contributed by atoms with Crippen LogP contribution in [0.5, 0.6) is 5.75 Å². The average Bonchev–Trinajstić information content (AvgIpc) is 2.27. The lowest BCUT2D eigenvalue weighted by molar-refractivity contribution is 0.317. The van der Waals surface area contributed by atoms with Gasteiger partial charge in [-0.1, -0.05) is 20.8 Å². The fourth-order valence-electron chi connectivity index (χ4n) is 1.33. The maximum absolute atomic E-state index is 5.62. The Hall–Kier alpha value is -1.25. The van der Waals surface area contributed by atoms with Crippen LogP contribution in [0.3, 0.4) is 0 Å². The van der Waals surface area contributed by atoms with Crippen molar-refractivity contribution in [3.63, 3.8) is 0 Å². The second-order valence-electron chi connectivity index (χ2n) is 4.31. The first kappa shape index (κ1) is 12.8. The SMILES string of the molecule is CCCOc1cccnc1NCCC(C)C. The molecular formula is C13H22N2O. The maximum atomic E-state index is 5.62. The monoisotopic (exact) mass is 222 g/mol. The Kier molecular flexibility index (Phi) is 5.68. The first-order valence-corrected chi connectivity index (χ1v) is 6.05. The van der Waals surface area contributed by atoms with E-state index in [2.05, 4.69) is 31.1 Å². The molecule has 0 spiro atoms. The van der Waals surface area contributed by atoms with E-state index < -0.39 is 0 Å². The van der Waals surface area contributed by atoms with Gasteiger partial charge in [-0.2, -0.15) is 0 Å². The first-order valence-electron chi connectivity index (χ1n) is 6.05. The number of rotatable bonds is 7. The Morgan fingerprint density at radius 1 is 1.44 bits per heavy atom. The summed E-state index contributed by atoms with van der Waals surface area (Å²) in [5, 5.41) is 3.32. The van der Waals surface area contributed by atoms with Crippen LogP contribution in [-0.4, -0.2) is 18.1 Å². The number of nitrogens with one attached hydrogen (secondary N) is 1. The lowest BCUT2D eigenvalue weighted by atomic mass is 10.1. The molecule has 0 aliphatic heterocycles. The van der Waals surface area contributed by atoms with Crippen molar-refractivity contribution in [3.05, 3.63) is 18.3 Å². The molecule has 90 valence electrons. The molecule has 0 fully saturated rings. The number of hydrogen-bond donors (Lipinski definition) is 1. The Balaban J connectivity index is 2.49. The molecule has 1 aromatic rings. The molecule has 0 saturated carbocycles. The number of aromatic nitrogens is 1. The van der Waals surface area contributed by atoms with Crippen LogP contribution in [0.1, 0.15) is 33.6 Å². The second kappa shape index (κ2) is 7.09. The van der Waals surface area contributed by atoms with Crippen LogP contribution in [0.25, 0.3) is 0 Å². The van der Waals surface area contributed by atoms with Gasteiger partial charge in [-0.25, -0.2) is 4.98 Å². The number of hydrogen-bond acceptors (Lipinski definition) is 3. The van der Waals surface area contributed by atoms with E-state index in [0.29, 0.717) is 5.92 Å². The molecule has 1 heterocycles. The summed E-state index contributed by atoms with van der Waals surface area (Å²) < 4.78 is 5.62. The molecule has 0 aliphatic rings. The van der Waals surface area contributed by atoms with Gasteiger partial charge in [0.2, 0.25) is 0 Å². The molecule has 3 heteroatoms. The van der Waals surface area contributed by atoms with Crippen molar-refractivity contribution in [3.8, 4) is 5.75 Å². The zero-order chi connectivity index (χ0) is 11.8. The van der Waals surface area contributed by atoms with Gasteiger partial charge in [0.1, 0.15) is 0 Å². The lowest BCUT2D eigenvalue weighted by Crippen LogP contribution is -2.08. The van der Waals surface area contributed by atoms with E-state index >= 15 is 0 Å². The summed E-state index contributed by atoms with van der Waals surface area (Å²) in [6.07, 6.45) is 3.95. The van der Waals surface area contributed by atoms with E-state index in [1.165, 1.54) is 0 Å². The van der Waals surface area contributed by atoms with E-state index in [0.717, 1.165) is 37.6 Å². The standard InChI is InChI=1S/C13H22N2O/c1-4-10-16-12-6-5-8-14-13(12)15-9-7-11(2)3/h5-6,8,11H,4,7,9-10H2,1-3H3,(H,14,15). The Morgan fingerprint density at radius 3 is 2.94 bits per heavy atom. The predicted molar refractivity (Wildman–Crippen MR) is 68.0 cm³/mol. The van der Waals surface area contributed by atoms with Gasteiger partial charge in [0, 0.05) is 12.7 Å². The minimum absolute atomic E-state index is 0.705. The van der Waals surface area contributed by atoms with Crippen LogP contribution >= 0.6 is 0 Å². The summed E-state index contributed by atoms with van der Waals surface area (Å²) in [6, 6.07) is 3.86. The Bertz CT molecular complexity index is 300. The predicted octanol–water partition coefficient (Wildman–Crippen LogP) is 3.33. The van der Waals surface area contributed by atoms with Crippen LogP contribution in [0.15, 0.2) is 18.3 Å². The first-order chi connectivity index (χ1) is 7.74. The number of ether oxygens (including phenoxy) is 1. The third-order valence-corrected chi connectivity index (χ3v) is 2.25. The fourth-order valence-corrected chi connectivity index (χ4v) is 1.33. The zero-order valence-electron chi connectivity index (χ0n) is 10.5. The largest absolute Gasteiger partial charge is 0.490 e. The van der Waals surface area contributed by atoms with Crippen molar-refractivity contribution in [2.75, 3.05) is 18.5 Å². The van der Waals surface area contributed by atoms with Gasteiger partial charge in [0.25, 0.3) is 0 Å². The van der Waals surface area contributed by atoms with Gasteiger partial charge in [0.15, 0.2) is 11.6 Å². The minimum Gasteiger partial charge on any atom is -0.490 e. The van der Waals surface area contributed by atoms with Gasteiger partial charge >= 0.3 is 0 Å². The molecule has 0 amide bonds. The molecule has 3 nitrogen and oxygen atoms in total. The van der Waals surface area contributed by atoms with Crippen LogP contribution < -0.4 is 10.1 Å². The van der Waals surface area contributed by atoms with Gasteiger partial charge in [-0.3, -0.25) is 0 Å². The molecule has 0 atom stereocenters. The molecule has 0 saturated heterocycles. The Labute approximate surface area is 98.2 Å². The van der Waals surface area contributed by atoms with Crippen molar-refractivity contribution in [2.45, 2.75) is 33.6 Å². The van der Waals surface area contributed by atoms with Crippen LogP contribution in [0, 0.1) is 5.92 Å². The van der Waals surface area contributed by atoms with E-state index in [1.807, 2.05) is 12.1 Å². The summed E-state index contributed by atoms with van der Waals surface area (Å²) in [7, 11) is 0. The van der Waals surface area contributed by atoms with Crippen molar-refractivity contribution in [1.29, 1.82) is 0 Å². The van der Waals surface area contributed by atoms with Crippen LogP contribution in [-0.2, 0) is 0 Å². The van der Waals surface area contributed by atoms with Gasteiger partial charge in [0.05, 0.1) is 6.61 Å². The topological polar surface area (TPSA) is 34.1 Å². The molecular weight excluding hydrogens is 200 g/mol. The zero-order valence-corrected chi connectivity index (χ0v) is 10.5. The summed E-state index contributed by atoms with van der Waals surface area (Å²) in [6.45, 7) is 8.22. The molecule has 0 bridgehead atoms. The van der Waals surface area contributed by atoms with Crippen LogP contribution in [0.4, 0.5) is 5.82 Å². The van der Waals surface area contributed by atoms with E-state index in [1.54, 1.807) is 6.20 Å². The van der Waals surface area contributed by atoms with Gasteiger partial charge in [-0.05, 0) is 30.9 Å². The number of pyridine rings is 1. The van der Waals surface area contributed by atoms with Gasteiger partial charge < -0.3 is 10.1 Å². The number of anilines is 1. The molecule has 0 aromatic carbocycles. The quantitative estimate of drug-likeness (QED) is 0.768. The van der Waals surface area contributed by atoms with Gasteiger partial charge in [-0.15, -0.1) is 0 Å². The second-order valence-corrected chi connectivity index (χ2v) is 4.31. The van der Waals surface area contributed by atoms with Crippen molar-refractivity contribution < 1.29 is 4.74 Å². The van der Waals surface area contributed by atoms with Crippen molar-refractivity contribution in [1.82, 2.24) is 4.98 Å². The molecule has 1 rings (SSSR count). The summed E-state index contributed by atoms with van der Waals surface area (Å²) >= 11 is 0. The molecule has 0 unspecified atom stereocenters. The van der Waals surface area contributed by atoms with E-state index in [9.17, 15) is 0 Å². The molecule has 1 aromatic heterocycles. The van der Waals surface area contributed by atoms with E-state index in [4.69, 9.17) is 4.74 Å².